The Morgan fingerprint density at radius 1 is 1.43 bits per heavy atom. The third-order valence-corrected chi connectivity index (χ3v) is 3.30. The summed E-state index contributed by atoms with van der Waals surface area (Å²) in [5.74, 6) is 0. The number of aromatic nitrogens is 1. The van der Waals surface area contributed by atoms with E-state index in [1.165, 1.54) is 0 Å². The minimum Gasteiger partial charge on any atom is -0.444 e. The molecule has 6 heteroatoms. The Hall–Kier alpha value is -1.33. The molecule has 0 aromatic carbocycles. The lowest BCUT2D eigenvalue weighted by molar-refractivity contribution is -0.135. The zero-order valence-corrected chi connectivity index (χ0v) is 13.6. The van der Waals surface area contributed by atoms with Crippen molar-refractivity contribution in [3.8, 4) is 0 Å². The van der Waals surface area contributed by atoms with Crippen LogP contribution >= 0.6 is 11.6 Å². The maximum atomic E-state index is 11.9. The van der Waals surface area contributed by atoms with Gasteiger partial charge in [0, 0.05) is 6.20 Å². The van der Waals surface area contributed by atoms with E-state index < -0.39 is 5.60 Å². The molecular weight excluding hydrogens is 292 g/mol. The number of nitrogens with zero attached hydrogens (tertiary/aromatic N) is 2. The maximum absolute atomic E-state index is 11.9. The second kappa shape index (κ2) is 5.81. The smallest absolute Gasteiger partial charge is 0.410 e. The highest BCUT2D eigenvalue weighted by Gasteiger charge is 2.43. The van der Waals surface area contributed by atoms with Crippen molar-refractivity contribution in [2.24, 2.45) is 0 Å². The average molecular weight is 313 g/mol. The lowest BCUT2D eigenvalue weighted by Gasteiger charge is -2.47. The van der Waals surface area contributed by atoms with Crippen LogP contribution in [0.15, 0.2) is 18.3 Å². The molecule has 1 saturated heterocycles. The van der Waals surface area contributed by atoms with Crippen LogP contribution < -0.4 is 0 Å². The first kappa shape index (κ1) is 16.0. The second-order valence-electron chi connectivity index (χ2n) is 6.56. The number of hydrogen-bond donors (Lipinski definition) is 0. The van der Waals surface area contributed by atoms with Gasteiger partial charge in [0.2, 0.25) is 0 Å². The molecule has 0 radical (unpaired) electrons. The van der Waals surface area contributed by atoms with Crippen LogP contribution in [0.4, 0.5) is 4.79 Å². The molecule has 2 heterocycles. The number of ether oxygens (including phenoxy) is 2. The Labute approximate surface area is 130 Å². The van der Waals surface area contributed by atoms with Gasteiger partial charge >= 0.3 is 6.09 Å². The summed E-state index contributed by atoms with van der Waals surface area (Å²) in [6, 6.07) is 3.61. The lowest BCUT2D eigenvalue weighted by atomic mass is 9.97. The molecule has 1 amide bonds. The first-order valence-electron chi connectivity index (χ1n) is 6.89. The highest BCUT2D eigenvalue weighted by Crippen LogP contribution is 2.27. The van der Waals surface area contributed by atoms with Gasteiger partial charge < -0.3 is 14.4 Å². The van der Waals surface area contributed by atoms with Crippen LogP contribution in [0.25, 0.3) is 0 Å². The van der Waals surface area contributed by atoms with Gasteiger partial charge in [-0.3, -0.25) is 0 Å². The number of likely N-dealkylation sites (tertiary alicyclic amines) is 1. The summed E-state index contributed by atoms with van der Waals surface area (Å²) >= 11 is 5.74. The van der Waals surface area contributed by atoms with Gasteiger partial charge in [-0.25, -0.2) is 9.78 Å². The number of rotatable bonds is 3. The van der Waals surface area contributed by atoms with Crippen LogP contribution in [0.1, 0.15) is 33.3 Å². The van der Waals surface area contributed by atoms with Gasteiger partial charge in [0.15, 0.2) is 0 Å². The number of halogens is 1. The quantitative estimate of drug-likeness (QED) is 0.804. The monoisotopic (exact) mass is 312 g/mol. The van der Waals surface area contributed by atoms with Crippen molar-refractivity contribution < 1.29 is 14.3 Å². The van der Waals surface area contributed by atoms with E-state index in [-0.39, 0.29) is 11.7 Å². The molecule has 1 fully saturated rings. The number of carbonyl (C=O) groups is 1. The Morgan fingerprint density at radius 2 is 2.10 bits per heavy atom. The van der Waals surface area contributed by atoms with Gasteiger partial charge in [-0.1, -0.05) is 17.7 Å². The van der Waals surface area contributed by atoms with Crippen LogP contribution in [-0.2, 0) is 16.1 Å². The summed E-state index contributed by atoms with van der Waals surface area (Å²) < 4.78 is 11.2. The largest absolute Gasteiger partial charge is 0.444 e. The van der Waals surface area contributed by atoms with Gasteiger partial charge in [0.05, 0.1) is 19.7 Å². The highest BCUT2D eigenvalue weighted by molar-refractivity contribution is 6.29. The Kier molecular flexibility index (Phi) is 4.44. The summed E-state index contributed by atoms with van der Waals surface area (Å²) in [5.41, 5.74) is 0.145. The first-order valence-corrected chi connectivity index (χ1v) is 7.27. The Balaban J connectivity index is 1.79. The van der Waals surface area contributed by atoms with Crippen LogP contribution in [-0.4, -0.2) is 40.3 Å². The number of carbonyl (C=O) groups excluding carboxylic acids is 1. The minimum absolute atomic E-state index is 0.295. The zero-order valence-electron chi connectivity index (χ0n) is 12.9. The summed E-state index contributed by atoms with van der Waals surface area (Å²) in [6.45, 7) is 9.06. The highest BCUT2D eigenvalue weighted by atomic mass is 35.5. The molecule has 1 aliphatic rings. The molecule has 0 N–H and O–H groups in total. The van der Waals surface area contributed by atoms with E-state index in [1.54, 1.807) is 17.2 Å². The predicted octanol–water partition coefficient (Wildman–Crippen LogP) is 3.26. The van der Waals surface area contributed by atoms with Crippen molar-refractivity contribution in [3.05, 3.63) is 29.0 Å². The molecule has 5 nitrogen and oxygen atoms in total. The van der Waals surface area contributed by atoms with E-state index in [4.69, 9.17) is 21.1 Å². The summed E-state index contributed by atoms with van der Waals surface area (Å²) in [7, 11) is 0. The fourth-order valence-electron chi connectivity index (χ4n) is 2.06. The number of amides is 1. The summed E-state index contributed by atoms with van der Waals surface area (Å²) in [5, 5.41) is 0.463. The normalized spacial score (nSPS) is 17.3. The van der Waals surface area contributed by atoms with Crippen LogP contribution in [0, 0.1) is 0 Å². The van der Waals surface area contributed by atoms with Crippen LogP contribution in [0.5, 0.6) is 0 Å². The topological polar surface area (TPSA) is 51.7 Å². The van der Waals surface area contributed by atoms with Crippen LogP contribution in [0.3, 0.4) is 0 Å². The van der Waals surface area contributed by atoms with Crippen molar-refractivity contribution in [3.63, 3.8) is 0 Å². The van der Waals surface area contributed by atoms with Gasteiger partial charge in [-0.2, -0.15) is 0 Å². The standard InChI is InChI=1S/C15H21ClN2O3/c1-14(2,3)21-13(19)18-9-15(4,10-18)20-8-11-5-6-12(16)17-7-11/h5-7H,8-10H2,1-4H3. The molecule has 0 bridgehead atoms. The van der Waals surface area contributed by atoms with E-state index in [0.29, 0.717) is 24.8 Å². The predicted molar refractivity (Wildman–Crippen MR) is 80.2 cm³/mol. The Morgan fingerprint density at radius 3 is 2.62 bits per heavy atom. The maximum Gasteiger partial charge on any atom is 0.410 e. The van der Waals surface area contributed by atoms with Crippen molar-refractivity contribution in [2.75, 3.05) is 13.1 Å². The molecule has 1 aliphatic heterocycles. The molecule has 0 aliphatic carbocycles. The molecule has 2 rings (SSSR count). The van der Waals surface area contributed by atoms with E-state index in [1.807, 2.05) is 33.8 Å². The van der Waals surface area contributed by atoms with E-state index >= 15 is 0 Å². The first-order chi connectivity index (χ1) is 9.67. The van der Waals surface area contributed by atoms with Crippen molar-refractivity contribution in [1.82, 2.24) is 9.88 Å². The Bertz CT molecular complexity index is 505. The molecule has 0 unspecified atom stereocenters. The number of pyridine rings is 1. The molecular formula is C15H21ClN2O3. The minimum atomic E-state index is -0.473. The summed E-state index contributed by atoms with van der Waals surface area (Å²) in [6.07, 6.45) is 1.40. The van der Waals surface area contributed by atoms with E-state index in [9.17, 15) is 4.79 Å². The van der Waals surface area contributed by atoms with E-state index in [0.717, 1.165) is 5.56 Å². The number of hydrogen-bond acceptors (Lipinski definition) is 4. The van der Waals surface area contributed by atoms with Gasteiger partial charge in [0.1, 0.15) is 16.4 Å². The van der Waals surface area contributed by atoms with Crippen molar-refractivity contribution in [2.45, 2.75) is 45.5 Å². The van der Waals surface area contributed by atoms with Crippen molar-refractivity contribution in [1.29, 1.82) is 0 Å². The van der Waals surface area contributed by atoms with Gasteiger partial charge in [0.25, 0.3) is 0 Å². The zero-order chi connectivity index (χ0) is 15.7. The molecule has 0 spiro atoms. The molecule has 21 heavy (non-hydrogen) atoms. The van der Waals surface area contributed by atoms with Gasteiger partial charge in [-0.05, 0) is 39.3 Å². The fourth-order valence-corrected chi connectivity index (χ4v) is 2.17. The van der Waals surface area contributed by atoms with E-state index in [2.05, 4.69) is 4.98 Å². The third kappa shape index (κ3) is 4.58. The molecule has 1 aromatic heterocycles. The van der Waals surface area contributed by atoms with Crippen molar-refractivity contribution >= 4 is 17.7 Å². The average Bonchev–Trinajstić information content (AvgIpc) is 2.32. The lowest BCUT2D eigenvalue weighted by Crippen LogP contribution is -2.63. The summed E-state index contributed by atoms with van der Waals surface area (Å²) in [4.78, 5) is 17.5. The second-order valence-corrected chi connectivity index (χ2v) is 6.95. The SMILES string of the molecule is CC(C)(C)OC(=O)N1CC(C)(OCc2ccc(Cl)nc2)C1. The van der Waals surface area contributed by atoms with Gasteiger partial charge in [-0.15, -0.1) is 0 Å². The molecule has 0 saturated carbocycles. The third-order valence-electron chi connectivity index (χ3n) is 3.08. The molecule has 116 valence electrons. The fraction of sp³-hybridized carbons (Fsp3) is 0.600. The van der Waals surface area contributed by atoms with Crippen LogP contribution in [0.2, 0.25) is 5.15 Å². The molecule has 0 atom stereocenters. The molecule has 1 aromatic rings.